The molecule has 15 N–H and O–H groups in total. The summed E-state index contributed by atoms with van der Waals surface area (Å²) in [6.45, 7) is 31.1. The summed E-state index contributed by atoms with van der Waals surface area (Å²) < 4.78 is 151. The Morgan fingerprint density at radius 1 is 0.456 bits per heavy atom. The number of benzene rings is 2. The van der Waals surface area contributed by atoms with Crippen molar-refractivity contribution in [3.05, 3.63) is 143 Å². The Bertz CT molecular complexity index is 6530. The summed E-state index contributed by atoms with van der Waals surface area (Å²) in [6, 6.07) is 26.3. The highest BCUT2D eigenvalue weighted by Crippen LogP contribution is 2.60. The van der Waals surface area contributed by atoms with Crippen molar-refractivity contribution < 1.29 is 101 Å². The van der Waals surface area contributed by atoms with Crippen molar-refractivity contribution in [1.29, 1.82) is 0 Å². The second-order valence-electron chi connectivity index (χ2n) is 37.9. The molecule has 0 amide bonds. The van der Waals surface area contributed by atoms with E-state index in [0.29, 0.717) is 90.4 Å². The van der Waals surface area contributed by atoms with Crippen LogP contribution in [0.3, 0.4) is 0 Å². The summed E-state index contributed by atoms with van der Waals surface area (Å²) in [7, 11) is -17.5. The summed E-state index contributed by atoms with van der Waals surface area (Å²) in [5.41, 5.74) is 29.6. The molecule has 45 nitrogen and oxygen atoms in total. The van der Waals surface area contributed by atoms with Crippen LogP contribution in [0.25, 0.3) is 67.8 Å². The van der Waals surface area contributed by atoms with Gasteiger partial charge in [-0.3, -0.25) is 45.5 Å². The molecule has 10 aromatic heterocycles. The summed E-state index contributed by atoms with van der Waals surface area (Å²) in [5.74, 6) is 2.65. The van der Waals surface area contributed by atoms with Gasteiger partial charge in [0.2, 0.25) is 0 Å². The van der Waals surface area contributed by atoms with E-state index in [9.17, 15) is 23.7 Å². The third-order valence-corrected chi connectivity index (χ3v) is 46.2. The molecular formula is C81H111Br2N23O22P4SSi3. The number of nitrogens with zero attached hydrogens (tertiary/aromatic N) is 16. The Kier molecular flexibility index (Phi) is 28.9. The highest BCUT2D eigenvalue weighted by Gasteiger charge is 2.61. The van der Waals surface area contributed by atoms with Crippen molar-refractivity contribution in [1.82, 2.24) is 94.4 Å². The van der Waals surface area contributed by atoms with Gasteiger partial charge in [0.1, 0.15) is 105 Å². The van der Waals surface area contributed by atoms with Gasteiger partial charge in [-0.2, -0.15) is 0 Å². The van der Waals surface area contributed by atoms with Gasteiger partial charge in [0.05, 0.1) is 39.0 Å². The molecule has 8 aliphatic heterocycles. The van der Waals surface area contributed by atoms with Gasteiger partial charge in [-0.05, 0) is 122 Å². The molecule has 0 radical (unpaired) electrons. The first-order chi connectivity index (χ1) is 63.6. The third-order valence-electron chi connectivity index (χ3n) is 25.7. The molecule has 0 saturated carbocycles. The van der Waals surface area contributed by atoms with E-state index in [4.69, 9.17) is 117 Å². The Balaban J connectivity index is 0.000000133. The van der Waals surface area contributed by atoms with E-state index in [1.165, 1.54) is 38.2 Å². The van der Waals surface area contributed by atoms with Crippen molar-refractivity contribution in [2.24, 2.45) is 0 Å². The molecule has 8 aliphatic rings. The number of aromatic nitrogens is 16. The Labute approximate surface area is 806 Å². The number of aliphatic hydroxyl groups is 1. The number of imidazole rings is 4. The van der Waals surface area contributed by atoms with Crippen LogP contribution in [-0.4, -0.2) is 214 Å². The summed E-state index contributed by atoms with van der Waals surface area (Å²) >= 11 is 11.8. The second kappa shape index (κ2) is 38.8. The number of furan rings is 2. The molecule has 18 heterocycles. The molecule has 0 spiro atoms. The van der Waals surface area contributed by atoms with Crippen molar-refractivity contribution in [2.75, 3.05) is 56.0 Å². The topological polar surface area (TPSA) is 598 Å². The smallest absolute Gasteiger partial charge is 0.406 e. The van der Waals surface area contributed by atoms with E-state index >= 15 is 0 Å². The van der Waals surface area contributed by atoms with Crippen LogP contribution in [-0.2, 0) is 107 Å². The Morgan fingerprint density at radius 3 is 1.15 bits per heavy atom. The predicted octanol–water partition coefficient (Wildman–Crippen LogP) is 14.0. The van der Waals surface area contributed by atoms with Crippen LogP contribution in [0.15, 0.2) is 141 Å². The maximum atomic E-state index is 13.8. The summed E-state index contributed by atoms with van der Waals surface area (Å²) in [6.07, 6.45) is -2.49. The number of nitrogens with one attached hydrogen (secondary N) is 2. The van der Waals surface area contributed by atoms with E-state index in [0.717, 1.165) is 11.1 Å². The summed E-state index contributed by atoms with van der Waals surface area (Å²) in [4.78, 5) is 63.8. The molecular weight excluding hydrogens is 2050 g/mol. The van der Waals surface area contributed by atoms with Crippen molar-refractivity contribution in [3.8, 4) is 23.2 Å². The average Bonchev–Trinajstić information content (AvgIpc) is 1.58. The first kappa shape index (κ1) is 101. The van der Waals surface area contributed by atoms with Gasteiger partial charge in [-0.25, -0.2) is 79.1 Å². The minimum absolute atomic E-state index is 0. The highest BCUT2D eigenvalue weighted by molar-refractivity contribution is 9.10. The zero-order valence-corrected chi connectivity index (χ0v) is 88.0. The van der Waals surface area contributed by atoms with Gasteiger partial charge < -0.3 is 93.7 Å². The number of ether oxygens (including phenoxy) is 4. The number of halogens is 2. The standard InChI is InChI=1S/C27H35N6O6PSi.C23H32BrN6O5PSi.C17H27BrN5O5PSi.C14H14N5O6PS.H3N/c1-27(2,3)41(4,5)39-22-21-19(15-36-40(34,38-21)31-14-17-10-7-6-8-11-17)37-26(22)33-24(18-12-9-13-35-18)32-20-23(28)29-16-30-25(20)33;1-23(2,3)37(4,5)35-18-17-15(12-32-36(31,34-17)28-11-14-9-7-6-8-10-14)33-21(18)30-20-16(29-22(30)24)19(25)26-13-27-20;1-17(2,3)30(5,6)28-12-11-9(7-25-29(4,24)27-11)26-15(12)23-14-10(22-16(23)18)13(19)20-8-21-14;15-11-8-13(17-5-16-11)19(12(18-8)6-2-1-3-22-6)14-9(20)10-7(24-14)4-23-26(21,27)25-10;/h6-13,16,19,21-22,26H,14-15H2,1-5H3,(H,31,34)(H2,28,29,30);6-10,13,15,17-18,21H,11-12H2,1-5H3,(H,28,31)(H2,25,26,27);8-9,11-12,15H,7H2,1-6H3,(H2,19,20,21);1-3,5,7,9-10,14,20H,4H2,(H,21,27)(H2,15,16,17);1H3/t19?,21?,22-,26+,40-;15?,17?,18-,21+,36-;9?,11?,12-,15+,29-;7?,9-,10?,14+,26?;/m0000./s1. The molecule has 0 aliphatic carbocycles. The minimum Gasteiger partial charge on any atom is -0.780 e. The van der Waals surface area contributed by atoms with Crippen molar-refractivity contribution in [3.63, 3.8) is 0 Å². The van der Waals surface area contributed by atoms with Crippen LogP contribution in [0.5, 0.6) is 0 Å². The molecule has 0 bridgehead atoms. The van der Waals surface area contributed by atoms with E-state index in [2.05, 4.69) is 198 Å². The number of fused-ring (bicyclic) bond motifs is 8. The number of hydrogen-bond donors (Lipinski definition) is 8. The molecule has 55 heteroatoms. The lowest BCUT2D eigenvalue weighted by molar-refractivity contribution is -0.227. The first-order valence-electron chi connectivity index (χ1n) is 43.2. The third kappa shape index (κ3) is 20.4. The fraction of sp³-hybridized carbons (Fsp3) is 0.506. The number of anilines is 4. The van der Waals surface area contributed by atoms with E-state index in [1.807, 2.05) is 65.2 Å². The van der Waals surface area contributed by atoms with Gasteiger partial charge in [0.25, 0.3) is 0 Å². The normalized spacial score (nSPS) is 29.6. The zero-order chi connectivity index (χ0) is 96.4. The van der Waals surface area contributed by atoms with Crippen LogP contribution in [0.1, 0.15) is 98.4 Å². The average molecular weight is 2160 g/mol. The van der Waals surface area contributed by atoms with E-state index in [1.54, 1.807) is 44.2 Å². The molecule has 20 atom stereocenters. The number of nitrogens with two attached hydrogens (primary N) is 4. The molecule has 9 unspecified atom stereocenters. The summed E-state index contributed by atoms with van der Waals surface area (Å²) in [5, 5.41) is 16.5. The van der Waals surface area contributed by atoms with E-state index in [-0.39, 0.29) is 71.0 Å². The molecule has 136 heavy (non-hydrogen) atoms. The van der Waals surface area contributed by atoms with Crippen LogP contribution in [0, 0.1) is 0 Å². The number of rotatable bonds is 18. The largest absolute Gasteiger partial charge is 0.780 e. The number of quaternary nitrogens is 1. The van der Waals surface area contributed by atoms with Gasteiger partial charge >= 0.3 is 23.1 Å². The van der Waals surface area contributed by atoms with Crippen LogP contribution in [0.2, 0.25) is 54.4 Å². The highest BCUT2D eigenvalue weighted by atomic mass is 79.9. The van der Waals surface area contributed by atoms with Gasteiger partial charge in [0, 0.05) is 19.8 Å². The van der Waals surface area contributed by atoms with Gasteiger partial charge in [0.15, 0.2) is 150 Å². The fourth-order valence-corrected chi connectivity index (χ4v) is 26.3. The minimum atomic E-state index is -3.70. The monoisotopic (exact) mass is 2160 g/mol. The van der Waals surface area contributed by atoms with Crippen LogP contribution >= 0.6 is 61.7 Å². The predicted molar refractivity (Wildman–Crippen MR) is 516 cm³/mol. The molecule has 20 rings (SSSR count). The molecule has 734 valence electrons. The van der Waals surface area contributed by atoms with Crippen molar-refractivity contribution >= 4 is 166 Å². The van der Waals surface area contributed by atoms with Gasteiger partial charge in [-0.15, -0.1) is 0 Å². The zero-order valence-electron chi connectivity index (χ0n) is 77.5. The maximum absolute atomic E-state index is 13.8. The lowest BCUT2D eigenvalue weighted by Crippen LogP contribution is -2.50. The lowest BCUT2D eigenvalue weighted by atomic mass is 10.1. The molecule has 8 saturated heterocycles. The lowest BCUT2D eigenvalue weighted by Gasteiger charge is -2.41. The Morgan fingerprint density at radius 2 is 0.779 bits per heavy atom. The SMILES string of the molecule is CC(C)(C)[Si](C)(C)O[C@H]1C2O[P@@](C)(=O)OCC2O[C@H]1n1c(Br)nc2c(N)ncnc21.CC(C)(C)[Si](C)(C)O[C@H]1C2O[P@](=O)(NCc3ccccc3)OCC2O[C@H]1n1c(-c2ccco2)nc2c(N)ncnc21.CC(C)(C)[Si](C)(C)O[C@H]1C2O[P@](=O)(NCc3ccccc3)OCC2O[C@H]1n1c(Br)nc2c(N)ncnc21.Nc1ncnc2c1nc(-c1ccco1)n2[C@@H]1OC2COP([O-])(=S)OC2[C@@H]1O.[NH4+]. The van der Waals surface area contributed by atoms with Crippen molar-refractivity contribution in [2.45, 2.75) is 228 Å². The molecule has 2 aromatic carbocycles. The quantitative estimate of drug-likeness (QED) is 0.0225. The van der Waals surface area contributed by atoms with Gasteiger partial charge in [-0.1, -0.05) is 135 Å². The fourth-order valence-electron chi connectivity index (χ4n) is 15.7. The number of hydrogen-bond acceptors (Lipinski definition) is 39. The van der Waals surface area contributed by atoms with Crippen LogP contribution < -0.4 is 44.2 Å². The number of nitrogen functional groups attached to an aromatic ring is 4. The second-order valence-corrected chi connectivity index (χ2v) is 61.9. The Hall–Kier alpha value is -7.45. The van der Waals surface area contributed by atoms with E-state index < -0.39 is 153 Å². The molecule has 8 fully saturated rings. The maximum Gasteiger partial charge on any atom is 0.406 e. The number of aliphatic hydroxyl groups excluding tert-OH is 1. The first-order valence-corrected chi connectivity index (χ1v) is 61.2. The molecule has 12 aromatic rings. The van der Waals surface area contributed by atoms with Crippen LogP contribution in [0.4, 0.5) is 23.3 Å².